The Labute approximate surface area is 146 Å². The van der Waals surface area contributed by atoms with Gasteiger partial charge >= 0.3 is 5.97 Å². The molecule has 0 atom stereocenters. The standard InChI is InChI=1S/C21H21NO3/c1-12-15(14-9-5-7-13-8-6-10-22-18(13)14)11-16(21(2,3)4)19(23)17(12)20(24)25/h5-11,23H,1-4H3,(H,24,25). The molecule has 3 rings (SSSR count). The van der Waals surface area contributed by atoms with E-state index >= 15 is 0 Å². The SMILES string of the molecule is Cc1c(-c2cccc3cccnc23)cc(C(C)(C)C)c(O)c1C(=O)O. The number of carbonyl (C=O) groups is 1. The zero-order valence-corrected chi connectivity index (χ0v) is 14.8. The van der Waals surface area contributed by atoms with E-state index in [1.807, 2.05) is 57.2 Å². The summed E-state index contributed by atoms with van der Waals surface area (Å²) in [7, 11) is 0. The van der Waals surface area contributed by atoms with Crippen LogP contribution < -0.4 is 0 Å². The number of carboxylic acids is 1. The monoisotopic (exact) mass is 335 g/mol. The van der Waals surface area contributed by atoms with Crippen LogP contribution in [0.1, 0.15) is 42.3 Å². The van der Waals surface area contributed by atoms with E-state index < -0.39 is 11.4 Å². The fraction of sp³-hybridized carbons (Fsp3) is 0.238. The van der Waals surface area contributed by atoms with E-state index in [0.717, 1.165) is 22.0 Å². The predicted octanol–water partition coefficient (Wildman–Crippen LogP) is 4.91. The fourth-order valence-electron chi connectivity index (χ4n) is 3.20. The summed E-state index contributed by atoms with van der Waals surface area (Å²) in [4.78, 5) is 16.3. The van der Waals surface area contributed by atoms with Crippen molar-refractivity contribution in [1.29, 1.82) is 0 Å². The molecule has 128 valence electrons. The molecule has 0 unspecified atom stereocenters. The van der Waals surface area contributed by atoms with Gasteiger partial charge in [-0.15, -0.1) is 0 Å². The van der Waals surface area contributed by atoms with Crippen LogP contribution in [-0.4, -0.2) is 21.2 Å². The van der Waals surface area contributed by atoms with Gasteiger partial charge in [0.05, 0.1) is 5.52 Å². The first kappa shape index (κ1) is 17.0. The van der Waals surface area contributed by atoms with E-state index in [9.17, 15) is 15.0 Å². The van der Waals surface area contributed by atoms with Crippen LogP contribution in [0.5, 0.6) is 5.75 Å². The lowest BCUT2D eigenvalue weighted by Crippen LogP contribution is -2.15. The van der Waals surface area contributed by atoms with Crippen LogP contribution in [0.25, 0.3) is 22.0 Å². The van der Waals surface area contributed by atoms with Gasteiger partial charge in [0, 0.05) is 22.7 Å². The van der Waals surface area contributed by atoms with Gasteiger partial charge in [-0.3, -0.25) is 4.98 Å². The van der Waals surface area contributed by atoms with Gasteiger partial charge in [-0.25, -0.2) is 4.79 Å². The number of hydrogen-bond acceptors (Lipinski definition) is 3. The predicted molar refractivity (Wildman–Crippen MR) is 99.2 cm³/mol. The first-order valence-corrected chi connectivity index (χ1v) is 8.16. The summed E-state index contributed by atoms with van der Waals surface area (Å²) in [6.07, 6.45) is 1.73. The lowest BCUT2D eigenvalue weighted by atomic mass is 9.81. The molecule has 3 aromatic rings. The molecule has 0 bridgehead atoms. The summed E-state index contributed by atoms with van der Waals surface area (Å²) in [5.74, 6) is -1.29. The Morgan fingerprint density at radius 1 is 1.08 bits per heavy atom. The lowest BCUT2D eigenvalue weighted by Gasteiger charge is -2.24. The van der Waals surface area contributed by atoms with Crippen LogP contribution in [0, 0.1) is 6.92 Å². The molecular formula is C21H21NO3. The Bertz CT molecular complexity index is 979. The van der Waals surface area contributed by atoms with Gasteiger partial charge in [0.1, 0.15) is 11.3 Å². The molecule has 25 heavy (non-hydrogen) atoms. The van der Waals surface area contributed by atoms with Crippen molar-refractivity contribution in [2.45, 2.75) is 33.1 Å². The first-order valence-electron chi connectivity index (χ1n) is 8.16. The van der Waals surface area contributed by atoms with E-state index in [-0.39, 0.29) is 11.3 Å². The van der Waals surface area contributed by atoms with Crippen molar-refractivity contribution in [3.8, 4) is 16.9 Å². The second-order valence-corrected chi connectivity index (χ2v) is 7.26. The second kappa shape index (κ2) is 5.88. The number of para-hydroxylation sites is 1. The molecule has 2 aromatic carbocycles. The Morgan fingerprint density at radius 3 is 2.40 bits per heavy atom. The van der Waals surface area contributed by atoms with Crippen LogP contribution >= 0.6 is 0 Å². The zero-order chi connectivity index (χ0) is 18.4. The maximum atomic E-state index is 11.8. The highest BCUT2D eigenvalue weighted by molar-refractivity contribution is 6.00. The minimum absolute atomic E-state index is 0.0460. The van der Waals surface area contributed by atoms with Crippen LogP contribution in [0.15, 0.2) is 42.6 Å². The van der Waals surface area contributed by atoms with Crippen molar-refractivity contribution in [1.82, 2.24) is 4.98 Å². The van der Waals surface area contributed by atoms with Crippen molar-refractivity contribution in [2.75, 3.05) is 0 Å². The number of aromatic nitrogens is 1. The molecule has 4 nitrogen and oxygen atoms in total. The van der Waals surface area contributed by atoms with Crippen molar-refractivity contribution in [3.63, 3.8) is 0 Å². The third-order valence-electron chi connectivity index (χ3n) is 4.50. The molecule has 4 heteroatoms. The maximum Gasteiger partial charge on any atom is 0.339 e. The molecule has 0 saturated heterocycles. The Balaban J connectivity index is 2.44. The molecule has 0 radical (unpaired) electrons. The highest BCUT2D eigenvalue weighted by Crippen LogP contribution is 2.41. The normalized spacial score (nSPS) is 11.7. The Hall–Kier alpha value is -2.88. The number of benzene rings is 2. The molecule has 2 N–H and O–H groups in total. The van der Waals surface area contributed by atoms with E-state index in [1.54, 1.807) is 13.1 Å². The quantitative estimate of drug-likeness (QED) is 0.698. The van der Waals surface area contributed by atoms with Gasteiger partial charge in [0.25, 0.3) is 0 Å². The summed E-state index contributed by atoms with van der Waals surface area (Å²) in [6.45, 7) is 7.59. The van der Waals surface area contributed by atoms with Gasteiger partial charge in [-0.2, -0.15) is 0 Å². The number of hydrogen-bond donors (Lipinski definition) is 2. The number of pyridine rings is 1. The Kier molecular flexibility index (Phi) is 3.99. The number of nitrogens with zero attached hydrogens (tertiary/aromatic N) is 1. The molecular weight excluding hydrogens is 314 g/mol. The molecule has 0 saturated carbocycles. The molecule has 1 aromatic heterocycles. The van der Waals surface area contributed by atoms with Crippen LogP contribution in [-0.2, 0) is 5.41 Å². The fourth-order valence-corrected chi connectivity index (χ4v) is 3.20. The lowest BCUT2D eigenvalue weighted by molar-refractivity contribution is 0.0692. The van der Waals surface area contributed by atoms with Crippen LogP contribution in [0.4, 0.5) is 0 Å². The van der Waals surface area contributed by atoms with Gasteiger partial charge in [0.2, 0.25) is 0 Å². The minimum Gasteiger partial charge on any atom is -0.507 e. The molecule has 0 amide bonds. The third kappa shape index (κ3) is 2.84. The first-order chi connectivity index (χ1) is 11.7. The van der Waals surface area contributed by atoms with E-state index in [0.29, 0.717) is 11.1 Å². The molecule has 0 aliphatic rings. The van der Waals surface area contributed by atoms with Gasteiger partial charge in [-0.1, -0.05) is 45.0 Å². The zero-order valence-electron chi connectivity index (χ0n) is 14.8. The van der Waals surface area contributed by atoms with Crippen molar-refractivity contribution < 1.29 is 15.0 Å². The number of phenols is 1. The summed E-state index contributed by atoms with van der Waals surface area (Å²) in [5.41, 5.74) is 3.17. The van der Waals surface area contributed by atoms with Gasteiger partial charge in [-0.05, 0) is 35.6 Å². The van der Waals surface area contributed by atoms with Crippen LogP contribution in [0.2, 0.25) is 0 Å². The highest BCUT2D eigenvalue weighted by atomic mass is 16.4. The maximum absolute atomic E-state index is 11.8. The molecule has 0 aliphatic carbocycles. The molecule has 0 aliphatic heterocycles. The smallest absolute Gasteiger partial charge is 0.339 e. The van der Waals surface area contributed by atoms with E-state index in [2.05, 4.69) is 4.98 Å². The molecule has 0 fully saturated rings. The third-order valence-corrected chi connectivity index (χ3v) is 4.50. The molecule has 0 spiro atoms. The summed E-state index contributed by atoms with van der Waals surface area (Å²) in [6, 6.07) is 11.6. The topological polar surface area (TPSA) is 70.4 Å². The average molecular weight is 335 g/mol. The molecule has 1 heterocycles. The minimum atomic E-state index is -1.13. The highest BCUT2D eigenvalue weighted by Gasteiger charge is 2.27. The average Bonchev–Trinajstić information content (AvgIpc) is 2.53. The van der Waals surface area contributed by atoms with Gasteiger partial charge in [0.15, 0.2) is 0 Å². The number of aromatic hydroxyl groups is 1. The largest absolute Gasteiger partial charge is 0.507 e. The Morgan fingerprint density at radius 2 is 1.76 bits per heavy atom. The number of rotatable bonds is 2. The van der Waals surface area contributed by atoms with Gasteiger partial charge < -0.3 is 10.2 Å². The number of fused-ring (bicyclic) bond motifs is 1. The van der Waals surface area contributed by atoms with E-state index in [4.69, 9.17) is 0 Å². The summed E-state index contributed by atoms with van der Waals surface area (Å²) >= 11 is 0. The van der Waals surface area contributed by atoms with Crippen molar-refractivity contribution >= 4 is 16.9 Å². The second-order valence-electron chi connectivity index (χ2n) is 7.26. The van der Waals surface area contributed by atoms with E-state index in [1.165, 1.54) is 0 Å². The van der Waals surface area contributed by atoms with Crippen molar-refractivity contribution in [3.05, 3.63) is 59.3 Å². The van der Waals surface area contributed by atoms with Crippen LogP contribution in [0.3, 0.4) is 0 Å². The summed E-state index contributed by atoms with van der Waals surface area (Å²) in [5, 5.41) is 21.2. The number of carboxylic acid groups (broad SMARTS) is 1. The summed E-state index contributed by atoms with van der Waals surface area (Å²) < 4.78 is 0. The number of aromatic carboxylic acids is 1. The van der Waals surface area contributed by atoms with Crippen molar-refractivity contribution in [2.24, 2.45) is 0 Å².